The van der Waals surface area contributed by atoms with Crippen LogP contribution in [0.2, 0.25) is 0 Å². The van der Waals surface area contributed by atoms with Crippen molar-refractivity contribution in [3.8, 4) is 0 Å². The molecule has 0 heterocycles. The third kappa shape index (κ3) is 6.02. The lowest BCUT2D eigenvalue weighted by Gasteiger charge is -2.09. The van der Waals surface area contributed by atoms with Gasteiger partial charge < -0.3 is 10.1 Å². The van der Waals surface area contributed by atoms with Gasteiger partial charge in [0, 0.05) is 12.8 Å². The second-order valence-electron chi connectivity index (χ2n) is 3.10. The number of carbonyl (C=O) groups is 3. The van der Waals surface area contributed by atoms with E-state index in [9.17, 15) is 14.4 Å². The number of hydrogen-bond acceptors (Lipinski definition) is 3. The molecule has 0 aliphatic carbocycles. The van der Waals surface area contributed by atoms with Gasteiger partial charge >= 0.3 is 0 Å². The fraction of sp³-hybridized carbons (Fsp3) is 0.667. The summed E-state index contributed by atoms with van der Waals surface area (Å²) in [5.74, 6) is -0.361. The van der Waals surface area contributed by atoms with E-state index in [0.717, 1.165) is 0 Å². The predicted molar refractivity (Wildman–Crippen MR) is 48.2 cm³/mol. The summed E-state index contributed by atoms with van der Waals surface area (Å²) >= 11 is 0. The molecular weight excluding hydrogens is 170 g/mol. The van der Waals surface area contributed by atoms with Crippen LogP contribution in [0.4, 0.5) is 0 Å². The first-order chi connectivity index (χ1) is 5.93. The van der Waals surface area contributed by atoms with Crippen molar-refractivity contribution in [3.05, 3.63) is 0 Å². The molecule has 1 N–H and O–H groups in total. The minimum absolute atomic E-state index is 0.0226. The maximum atomic E-state index is 11.0. The Morgan fingerprint density at radius 1 is 1.15 bits per heavy atom. The van der Waals surface area contributed by atoms with Crippen molar-refractivity contribution in [3.63, 3.8) is 0 Å². The highest BCUT2D eigenvalue weighted by Crippen LogP contribution is 1.92. The summed E-state index contributed by atoms with van der Waals surface area (Å²) in [6.45, 7) is 4.46. The molecule has 0 aromatic rings. The van der Waals surface area contributed by atoms with Crippen molar-refractivity contribution < 1.29 is 14.4 Å². The Kier molecular flexibility index (Phi) is 4.96. The standard InChI is InChI=1S/C9H15NO3/c1-6(11)4-5-9(13)10-7(2)8(3)12/h7H,4-5H2,1-3H3,(H,10,13). The topological polar surface area (TPSA) is 63.2 Å². The lowest BCUT2D eigenvalue weighted by atomic mass is 10.2. The van der Waals surface area contributed by atoms with Crippen molar-refractivity contribution in [1.29, 1.82) is 0 Å². The fourth-order valence-electron chi connectivity index (χ4n) is 0.705. The molecule has 0 aliphatic heterocycles. The second-order valence-corrected chi connectivity index (χ2v) is 3.10. The first kappa shape index (κ1) is 11.8. The Morgan fingerprint density at radius 2 is 1.69 bits per heavy atom. The maximum absolute atomic E-state index is 11.0. The van der Waals surface area contributed by atoms with E-state index >= 15 is 0 Å². The van der Waals surface area contributed by atoms with Gasteiger partial charge in [-0.2, -0.15) is 0 Å². The molecule has 0 aliphatic rings. The first-order valence-electron chi connectivity index (χ1n) is 4.22. The number of carbonyl (C=O) groups excluding carboxylic acids is 3. The molecule has 0 fully saturated rings. The molecule has 0 saturated carbocycles. The minimum Gasteiger partial charge on any atom is -0.347 e. The van der Waals surface area contributed by atoms with Crippen molar-refractivity contribution in [2.45, 2.75) is 39.7 Å². The molecule has 0 spiro atoms. The number of nitrogens with one attached hydrogen (secondary N) is 1. The summed E-state index contributed by atoms with van der Waals surface area (Å²) in [5.41, 5.74) is 0. The van der Waals surface area contributed by atoms with Crippen LogP contribution in [0.5, 0.6) is 0 Å². The van der Waals surface area contributed by atoms with Gasteiger partial charge in [0.2, 0.25) is 5.91 Å². The van der Waals surface area contributed by atoms with E-state index < -0.39 is 6.04 Å². The SMILES string of the molecule is CC(=O)CCC(=O)NC(C)C(C)=O. The number of hydrogen-bond donors (Lipinski definition) is 1. The molecule has 0 saturated heterocycles. The Bertz CT molecular complexity index is 223. The van der Waals surface area contributed by atoms with Gasteiger partial charge in [-0.15, -0.1) is 0 Å². The van der Waals surface area contributed by atoms with Crippen LogP contribution in [0, 0.1) is 0 Å². The largest absolute Gasteiger partial charge is 0.347 e. The molecule has 0 aromatic carbocycles. The van der Waals surface area contributed by atoms with Crippen LogP contribution in [0.3, 0.4) is 0 Å². The molecule has 0 radical (unpaired) electrons. The zero-order valence-electron chi connectivity index (χ0n) is 8.22. The average molecular weight is 185 g/mol. The van der Waals surface area contributed by atoms with Crippen LogP contribution in [0.15, 0.2) is 0 Å². The van der Waals surface area contributed by atoms with Gasteiger partial charge in [0.1, 0.15) is 5.78 Å². The van der Waals surface area contributed by atoms with Gasteiger partial charge in [0.25, 0.3) is 0 Å². The zero-order valence-corrected chi connectivity index (χ0v) is 8.22. The maximum Gasteiger partial charge on any atom is 0.221 e. The van der Waals surface area contributed by atoms with Gasteiger partial charge in [-0.25, -0.2) is 0 Å². The van der Waals surface area contributed by atoms with Crippen molar-refractivity contribution in [2.24, 2.45) is 0 Å². The quantitative estimate of drug-likeness (QED) is 0.676. The Hall–Kier alpha value is -1.19. The third-order valence-electron chi connectivity index (χ3n) is 1.69. The number of amides is 1. The predicted octanol–water partition coefficient (Wildman–Crippen LogP) is 0.449. The lowest BCUT2D eigenvalue weighted by molar-refractivity contribution is -0.127. The van der Waals surface area contributed by atoms with Crippen molar-refractivity contribution >= 4 is 17.5 Å². The molecule has 4 nitrogen and oxygen atoms in total. The van der Waals surface area contributed by atoms with Crippen molar-refractivity contribution in [2.75, 3.05) is 0 Å². The summed E-state index contributed by atoms with van der Waals surface area (Å²) < 4.78 is 0. The highest BCUT2D eigenvalue weighted by molar-refractivity contribution is 5.88. The van der Waals surface area contributed by atoms with Crippen LogP contribution < -0.4 is 5.32 Å². The number of ketones is 2. The summed E-state index contributed by atoms with van der Waals surface area (Å²) in [7, 11) is 0. The molecule has 0 rings (SSSR count). The van der Waals surface area contributed by atoms with E-state index in [1.165, 1.54) is 13.8 Å². The van der Waals surface area contributed by atoms with Gasteiger partial charge in [-0.1, -0.05) is 0 Å². The molecule has 1 amide bonds. The van der Waals surface area contributed by atoms with E-state index in [1.54, 1.807) is 6.92 Å². The van der Waals surface area contributed by atoms with Crippen LogP contribution in [0.25, 0.3) is 0 Å². The van der Waals surface area contributed by atoms with Crippen LogP contribution in [0.1, 0.15) is 33.6 Å². The summed E-state index contributed by atoms with van der Waals surface area (Å²) in [5, 5.41) is 2.49. The highest BCUT2D eigenvalue weighted by Gasteiger charge is 2.10. The average Bonchev–Trinajstić information content (AvgIpc) is 2.00. The Labute approximate surface area is 77.7 Å². The molecular formula is C9H15NO3. The molecule has 0 aromatic heterocycles. The smallest absolute Gasteiger partial charge is 0.221 e. The van der Waals surface area contributed by atoms with Crippen LogP contribution in [-0.2, 0) is 14.4 Å². The van der Waals surface area contributed by atoms with E-state index in [0.29, 0.717) is 0 Å². The van der Waals surface area contributed by atoms with Gasteiger partial charge in [0.15, 0.2) is 5.78 Å². The first-order valence-corrected chi connectivity index (χ1v) is 4.22. The normalized spacial score (nSPS) is 11.9. The van der Waals surface area contributed by atoms with Gasteiger partial charge in [-0.3, -0.25) is 9.59 Å². The number of rotatable bonds is 5. The minimum atomic E-state index is -0.459. The zero-order chi connectivity index (χ0) is 10.4. The summed E-state index contributed by atoms with van der Waals surface area (Å²) in [4.78, 5) is 32.3. The Morgan fingerprint density at radius 3 is 2.08 bits per heavy atom. The summed E-state index contributed by atoms with van der Waals surface area (Å²) in [6.07, 6.45) is 0.392. The molecule has 0 bridgehead atoms. The number of Topliss-reactive ketones (excluding diaryl/α,β-unsaturated/α-hetero) is 2. The second kappa shape index (κ2) is 5.45. The third-order valence-corrected chi connectivity index (χ3v) is 1.69. The van der Waals surface area contributed by atoms with E-state index in [2.05, 4.69) is 5.32 Å². The molecule has 4 heteroatoms. The molecule has 1 unspecified atom stereocenters. The highest BCUT2D eigenvalue weighted by atomic mass is 16.2. The van der Waals surface area contributed by atoms with E-state index in [-0.39, 0.29) is 30.3 Å². The van der Waals surface area contributed by atoms with Crippen LogP contribution >= 0.6 is 0 Å². The molecule has 13 heavy (non-hydrogen) atoms. The molecule has 74 valence electrons. The van der Waals surface area contributed by atoms with Gasteiger partial charge in [-0.05, 0) is 20.8 Å². The molecule has 1 atom stereocenters. The van der Waals surface area contributed by atoms with Crippen LogP contribution in [-0.4, -0.2) is 23.5 Å². The fourth-order valence-corrected chi connectivity index (χ4v) is 0.705. The lowest BCUT2D eigenvalue weighted by Crippen LogP contribution is -2.37. The van der Waals surface area contributed by atoms with E-state index in [1.807, 2.05) is 0 Å². The Balaban J connectivity index is 3.74. The summed E-state index contributed by atoms with van der Waals surface area (Å²) in [6, 6.07) is -0.459. The van der Waals surface area contributed by atoms with Gasteiger partial charge in [0.05, 0.1) is 6.04 Å². The van der Waals surface area contributed by atoms with E-state index in [4.69, 9.17) is 0 Å². The monoisotopic (exact) mass is 185 g/mol. The van der Waals surface area contributed by atoms with Crippen molar-refractivity contribution in [1.82, 2.24) is 5.32 Å².